The molecule has 106 valence electrons. The zero-order valence-corrected chi connectivity index (χ0v) is 13.9. The van der Waals surface area contributed by atoms with Gasteiger partial charge in [-0.1, -0.05) is 15.9 Å². The van der Waals surface area contributed by atoms with Crippen LogP contribution in [0.15, 0.2) is 32.0 Å². The molecule has 9 heteroatoms. The third-order valence-electron chi connectivity index (χ3n) is 2.18. The van der Waals surface area contributed by atoms with Crippen molar-refractivity contribution in [2.24, 2.45) is 5.73 Å². The molecule has 0 radical (unpaired) electrons. The average molecular weight is 416 g/mol. The number of halogens is 2. The zero-order valence-electron chi connectivity index (χ0n) is 9.89. The van der Waals surface area contributed by atoms with Crippen molar-refractivity contribution in [1.29, 1.82) is 0 Å². The number of sulfonamides is 1. The van der Waals surface area contributed by atoms with Gasteiger partial charge in [-0.15, -0.1) is 0 Å². The van der Waals surface area contributed by atoms with Gasteiger partial charge in [0.05, 0.1) is 12.0 Å². The SMILES string of the molecule is COC(=O)[C@H](N)CNS(=O)(=O)c1cc(Br)ccc1Br. The smallest absolute Gasteiger partial charge is 0.324 e. The fourth-order valence-electron chi connectivity index (χ4n) is 1.20. The normalized spacial score (nSPS) is 13.1. The highest BCUT2D eigenvalue weighted by atomic mass is 79.9. The summed E-state index contributed by atoms with van der Waals surface area (Å²) in [5.74, 6) is -0.684. The molecule has 0 amide bonds. The number of benzene rings is 1. The summed E-state index contributed by atoms with van der Waals surface area (Å²) >= 11 is 6.34. The van der Waals surface area contributed by atoms with Crippen LogP contribution in [0, 0.1) is 0 Å². The summed E-state index contributed by atoms with van der Waals surface area (Å²) < 4.78 is 31.8. The summed E-state index contributed by atoms with van der Waals surface area (Å²) in [6.07, 6.45) is 0. The molecule has 1 aromatic rings. The first-order valence-corrected chi connectivity index (χ1v) is 8.13. The number of methoxy groups -OCH3 is 1. The van der Waals surface area contributed by atoms with Crippen molar-refractivity contribution < 1.29 is 17.9 Å². The Morgan fingerprint density at radius 3 is 2.68 bits per heavy atom. The minimum Gasteiger partial charge on any atom is -0.468 e. The quantitative estimate of drug-likeness (QED) is 0.698. The zero-order chi connectivity index (χ0) is 14.6. The van der Waals surface area contributed by atoms with Gasteiger partial charge in [0.2, 0.25) is 10.0 Å². The van der Waals surface area contributed by atoms with Gasteiger partial charge < -0.3 is 10.5 Å². The van der Waals surface area contributed by atoms with Crippen LogP contribution in [0.1, 0.15) is 0 Å². The van der Waals surface area contributed by atoms with Gasteiger partial charge in [0, 0.05) is 15.5 Å². The molecule has 0 aliphatic heterocycles. The lowest BCUT2D eigenvalue weighted by atomic mass is 10.3. The maximum atomic E-state index is 12.1. The third-order valence-corrected chi connectivity index (χ3v) is 5.09. The second kappa shape index (κ2) is 6.80. The Morgan fingerprint density at radius 1 is 1.47 bits per heavy atom. The van der Waals surface area contributed by atoms with Gasteiger partial charge in [-0.25, -0.2) is 13.1 Å². The first kappa shape index (κ1) is 16.6. The van der Waals surface area contributed by atoms with E-state index in [-0.39, 0.29) is 11.4 Å². The van der Waals surface area contributed by atoms with E-state index in [2.05, 4.69) is 41.3 Å². The molecule has 1 atom stereocenters. The maximum Gasteiger partial charge on any atom is 0.324 e. The highest BCUT2D eigenvalue weighted by Crippen LogP contribution is 2.25. The molecular weight excluding hydrogens is 404 g/mol. The van der Waals surface area contributed by atoms with E-state index in [1.807, 2.05) is 0 Å². The van der Waals surface area contributed by atoms with Gasteiger partial charge in [0.1, 0.15) is 6.04 Å². The molecule has 0 aliphatic rings. The Labute approximate surface area is 128 Å². The van der Waals surface area contributed by atoms with Crippen LogP contribution in [-0.2, 0) is 19.6 Å². The molecule has 0 saturated carbocycles. The van der Waals surface area contributed by atoms with Crippen molar-refractivity contribution >= 4 is 47.9 Å². The number of carbonyl (C=O) groups excluding carboxylic acids is 1. The van der Waals surface area contributed by atoms with Crippen LogP contribution in [0.2, 0.25) is 0 Å². The van der Waals surface area contributed by atoms with Crippen LogP contribution in [0.3, 0.4) is 0 Å². The number of esters is 1. The van der Waals surface area contributed by atoms with Gasteiger partial charge in [0.15, 0.2) is 0 Å². The van der Waals surface area contributed by atoms with Crippen molar-refractivity contribution in [3.63, 3.8) is 0 Å². The van der Waals surface area contributed by atoms with Gasteiger partial charge in [0.25, 0.3) is 0 Å². The Bertz CT molecular complexity index is 577. The topological polar surface area (TPSA) is 98.5 Å². The van der Waals surface area contributed by atoms with Gasteiger partial charge in [-0.05, 0) is 34.1 Å². The van der Waals surface area contributed by atoms with Crippen molar-refractivity contribution in [3.05, 3.63) is 27.1 Å². The van der Waals surface area contributed by atoms with Gasteiger partial charge >= 0.3 is 5.97 Å². The second-order valence-electron chi connectivity index (χ2n) is 3.56. The molecule has 6 nitrogen and oxygen atoms in total. The van der Waals surface area contributed by atoms with Crippen LogP contribution < -0.4 is 10.5 Å². The molecule has 0 unspecified atom stereocenters. The van der Waals surface area contributed by atoms with Crippen LogP contribution in [-0.4, -0.2) is 34.1 Å². The van der Waals surface area contributed by atoms with E-state index in [1.54, 1.807) is 12.1 Å². The van der Waals surface area contributed by atoms with Gasteiger partial charge in [-0.2, -0.15) is 0 Å². The van der Waals surface area contributed by atoms with E-state index in [4.69, 9.17) is 5.73 Å². The number of carbonyl (C=O) groups is 1. The Hall–Kier alpha value is -0.480. The number of rotatable bonds is 5. The first-order chi connectivity index (χ1) is 8.77. The summed E-state index contributed by atoms with van der Waals surface area (Å²) in [6.45, 7) is -0.242. The maximum absolute atomic E-state index is 12.1. The van der Waals surface area contributed by atoms with E-state index < -0.39 is 22.0 Å². The van der Waals surface area contributed by atoms with E-state index in [0.29, 0.717) is 8.95 Å². The van der Waals surface area contributed by atoms with Crippen molar-refractivity contribution in [2.75, 3.05) is 13.7 Å². The molecule has 0 aliphatic carbocycles. The van der Waals surface area contributed by atoms with E-state index >= 15 is 0 Å². The summed E-state index contributed by atoms with van der Waals surface area (Å²) in [6, 6.07) is 3.68. The Kier molecular flexibility index (Phi) is 5.93. The molecule has 0 aromatic heterocycles. The standard InChI is InChI=1S/C10H12Br2N2O4S/c1-18-10(15)8(13)5-14-19(16,17)9-4-6(11)2-3-7(9)12/h2-4,8,14H,5,13H2,1H3/t8-/m1/s1. The summed E-state index contributed by atoms with van der Waals surface area (Å²) in [4.78, 5) is 11.1. The molecule has 0 saturated heterocycles. The lowest BCUT2D eigenvalue weighted by Gasteiger charge is -2.12. The highest BCUT2D eigenvalue weighted by molar-refractivity contribution is 9.11. The van der Waals surface area contributed by atoms with Crippen LogP contribution >= 0.6 is 31.9 Å². The number of hydrogen-bond donors (Lipinski definition) is 2. The van der Waals surface area contributed by atoms with Crippen LogP contribution in [0.25, 0.3) is 0 Å². The molecule has 19 heavy (non-hydrogen) atoms. The van der Waals surface area contributed by atoms with Crippen molar-refractivity contribution in [1.82, 2.24) is 4.72 Å². The Morgan fingerprint density at radius 2 is 2.11 bits per heavy atom. The van der Waals surface area contributed by atoms with Crippen LogP contribution in [0.4, 0.5) is 0 Å². The lowest BCUT2D eigenvalue weighted by Crippen LogP contribution is -2.43. The molecular formula is C10H12Br2N2O4S. The molecule has 0 fully saturated rings. The number of ether oxygens (including phenoxy) is 1. The molecule has 3 N–H and O–H groups in total. The number of nitrogens with one attached hydrogen (secondary N) is 1. The molecule has 0 heterocycles. The fraction of sp³-hybridized carbons (Fsp3) is 0.300. The second-order valence-corrected chi connectivity index (χ2v) is 7.06. The van der Waals surface area contributed by atoms with Gasteiger partial charge in [-0.3, -0.25) is 4.79 Å². The molecule has 1 aromatic carbocycles. The predicted octanol–water partition coefficient (Wildman–Crippen LogP) is 0.990. The van der Waals surface area contributed by atoms with E-state index in [9.17, 15) is 13.2 Å². The Balaban J connectivity index is 2.87. The van der Waals surface area contributed by atoms with Crippen molar-refractivity contribution in [3.8, 4) is 0 Å². The fourth-order valence-corrected chi connectivity index (χ4v) is 3.75. The van der Waals surface area contributed by atoms with Crippen molar-refractivity contribution in [2.45, 2.75) is 10.9 Å². The average Bonchev–Trinajstić information content (AvgIpc) is 2.37. The van der Waals surface area contributed by atoms with E-state index in [1.165, 1.54) is 13.2 Å². The summed E-state index contributed by atoms with van der Waals surface area (Å²) in [5, 5.41) is 0. The monoisotopic (exact) mass is 414 g/mol. The van der Waals surface area contributed by atoms with Crippen LogP contribution in [0.5, 0.6) is 0 Å². The molecule has 1 rings (SSSR count). The number of hydrogen-bond acceptors (Lipinski definition) is 5. The lowest BCUT2D eigenvalue weighted by molar-refractivity contribution is -0.141. The third kappa shape index (κ3) is 4.53. The summed E-state index contributed by atoms with van der Waals surface area (Å²) in [5.41, 5.74) is 5.46. The highest BCUT2D eigenvalue weighted by Gasteiger charge is 2.21. The minimum absolute atomic E-state index is 0.0546. The minimum atomic E-state index is -3.76. The first-order valence-electron chi connectivity index (χ1n) is 5.06. The van der Waals surface area contributed by atoms with E-state index in [0.717, 1.165) is 0 Å². The molecule has 0 spiro atoms. The molecule has 0 bridgehead atoms. The predicted molar refractivity (Wildman–Crippen MR) is 77.0 cm³/mol. The summed E-state index contributed by atoms with van der Waals surface area (Å²) in [7, 11) is -2.58. The number of nitrogens with two attached hydrogens (primary N) is 1. The largest absolute Gasteiger partial charge is 0.468 e.